The van der Waals surface area contributed by atoms with Crippen molar-refractivity contribution in [2.45, 2.75) is 6.54 Å². The van der Waals surface area contributed by atoms with Gasteiger partial charge >= 0.3 is 0 Å². The second-order valence-electron chi connectivity index (χ2n) is 4.73. The molecular formula is C15H17N5O2. The quantitative estimate of drug-likeness (QED) is 0.748. The third kappa shape index (κ3) is 2.73. The summed E-state index contributed by atoms with van der Waals surface area (Å²) in [5.41, 5.74) is 8.30. The molecule has 114 valence electrons. The zero-order valence-electron chi connectivity index (χ0n) is 12.4. The van der Waals surface area contributed by atoms with Gasteiger partial charge in [-0.05, 0) is 23.8 Å². The molecule has 0 saturated heterocycles. The Morgan fingerprint density at radius 2 is 1.95 bits per heavy atom. The first kappa shape index (κ1) is 14.0. The highest BCUT2D eigenvalue weighted by Gasteiger charge is 2.05. The number of nitrogens with zero attached hydrogens (tertiary/aromatic N) is 3. The second kappa shape index (κ2) is 5.80. The van der Waals surface area contributed by atoms with Crippen LogP contribution in [0.2, 0.25) is 0 Å². The molecule has 0 saturated carbocycles. The topological polar surface area (TPSA) is 86.7 Å². The van der Waals surface area contributed by atoms with Gasteiger partial charge in [0.15, 0.2) is 17.1 Å². The van der Waals surface area contributed by atoms with Crippen LogP contribution in [0.3, 0.4) is 0 Å². The highest BCUT2D eigenvalue weighted by atomic mass is 16.5. The standard InChI is InChI=1S/C15H17N5O2/c1-21-12-4-3-10(7-13(12)22-2)9-17-11-5-6-20-14(8-11)18-15(16)19-20/h3-8,17H,9H2,1-2H3,(H2,16,19). The zero-order valence-corrected chi connectivity index (χ0v) is 12.4. The number of hydrogen-bond donors (Lipinski definition) is 2. The van der Waals surface area contributed by atoms with Crippen LogP contribution >= 0.6 is 0 Å². The van der Waals surface area contributed by atoms with E-state index in [1.807, 2.05) is 36.5 Å². The van der Waals surface area contributed by atoms with E-state index in [9.17, 15) is 0 Å². The lowest BCUT2D eigenvalue weighted by Gasteiger charge is -2.11. The van der Waals surface area contributed by atoms with Gasteiger partial charge in [-0.1, -0.05) is 6.07 Å². The van der Waals surface area contributed by atoms with Crippen molar-refractivity contribution < 1.29 is 9.47 Å². The fourth-order valence-corrected chi connectivity index (χ4v) is 2.20. The van der Waals surface area contributed by atoms with Crippen LogP contribution in [0.25, 0.3) is 5.65 Å². The number of nitrogens with one attached hydrogen (secondary N) is 1. The van der Waals surface area contributed by atoms with Crippen molar-refractivity contribution in [3.05, 3.63) is 42.1 Å². The summed E-state index contributed by atoms with van der Waals surface area (Å²) in [5.74, 6) is 1.69. The van der Waals surface area contributed by atoms with E-state index in [-0.39, 0.29) is 5.95 Å². The maximum Gasteiger partial charge on any atom is 0.240 e. The van der Waals surface area contributed by atoms with Crippen molar-refractivity contribution in [1.82, 2.24) is 14.6 Å². The van der Waals surface area contributed by atoms with Crippen molar-refractivity contribution in [3.63, 3.8) is 0 Å². The first-order valence-corrected chi connectivity index (χ1v) is 6.76. The Morgan fingerprint density at radius 3 is 2.73 bits per heavy atom. The van der Waals surface area contributed by atoms with Gasteiger partial charge in [0.25, 0.3) is 0 Å². The number of pyridine rings is 1. The van der Waals surface area contributed by atoms with E-state index in [2.05, 4.69) is 15.4 Å². The molecule has 7 nitrogen and oxygen atoms in total. The summed E-state index contributed by atoms with van der Waals surface area (Å²) in [5, 5.41) is 7.37. The molecule has 0 bridgehead atoms. The number of nitrogens with two attached hydrogens (primary N) is 1. The lowest BCUT2D eigenvalue weighted by molar-refractivity contribution is 0.354. The Kier molecular flexibility index (Phi) is 3.69. The SMILES string of the molecule is COc1ccc(CNc2ccn3nc(N)nc3c2)cc1OC. The summed E-state index contributed by atoms with van der Waals surface area (Å²) in [6.07, 6.45) is 1.82. The number of rotatable bonds is 5. The number of methoxy groups -OCH3 is 2. The minimum absolute atomic E-state index is 0.261. The van der Waals surface area contributed by atoms with Crippen molar-refractivity contribution in [3.8, 4) is 11.5 Å². The molecule has 0 atom stereocenters. The first-order valence-electron chi connectivity index (χ1n) is 6.76. The van der Waals surface area contributed by atoms with Crippen molar-refractivity contribution in [2.24, 2.45) is 0 Å². The third-order valence-electron chi connectivity index (χ3n) is 3.30. The smallest absolute Gasteiger partial charge is 0.240 e. The fourth-order valence-electron chi connectivity index (χ4n) is 2.20. The molecule has 0 radical (unpaired) electrons. The van der Waals surface area contributed by atoms with Crippen LogP contribution in [-0.4, -0.2) is 28.8 Å². The van der Waals surface area contributed by atoms with Crippen LogP contribution in [0.1, 0.15) is 5.56 Å². The molecule has 0 aliphatic rings. The van der Waals surface area contributed by atoms with Crippen LogP contribution in [0.5, 0.6) is 11.5 Å². The zero-order chi connectivity index (χ0) is 15.5. The number of hydrogen-bond acceptors (Lipinski definition) is 6. The molecule has 2 aromatic heterocycles. The molecule has 7 heteroatoms. The molecule has 0 spiro atoms. The maximum absolute atomic E-state index is 5.58. The van der Waals surface area contributed by atoms with Gasteiger partial charge in [0.2, 0.25) is 5.95 Å². The number of benzene rings is 1. The monoisotopic (exact) mass is 299 g/mol. The molecule has 0 amide bonds. The van der Waals surface area contributed by atoms with Gasteiger partial charge in [0.05, 0.1) is 14.2 Å². The van der Waals surface area contributed by atoms with E-state index >= 15 is 0 Å². The largest absolute Gasteiger partial charge is 0.493 e. The average molecular weight is 299 g/mol. The average Bonchev–Trinajstić information content (AvgIpc) is 2.91. The molecule has 22 heavy (non-hydrogen) atoms. The van der Waals surface area contributed by atoms with Gasteiger partial charge in [-0.25, -0.2) is 4.52 Å². The van der Waals surface area contributed by atoms with E-state index in [1.54, 1.807) is 18.7 Å². The van der Waals surface area contributed by atoms with Crippen molar-refractivity contribution in [1.29, 1.82) is 0 Å². The fraction of sp³-hybridized carbons (Fsp3) is 0.200. The molecule has 0 fully saturated rings. The van der Waals surface area contributed by atoms with E-state index < -0.39 is 0 Å². The normalized spacial score (nSPS) is 10.6. The summed E-state index contributed by atoms with van der Waals surface area (Å²) in [7, 11) is 3.24. The van der Waals surface area contributed by atoms with E-state index in [0.717, 1.165) is 11.3 Å². The van der Waals surface area contributed by atoms with E-state index in [4.69, 9.17) is 15.2 Å². The Hall–Kier alpha value is -2.96. The molecule has 0 aliphatic carbocycles. The van der Waals surface area contributed by atoms with Crippen LogP contribution in [-0.2, 0) is 6.54 Å². The number of aromatic nitrogens is 3. The predicted molar refractivity (Wildman–Crippen MR) is 84.3 cm³/mol. The molecule has 1 aromatic carbocycles. The molecule has 3 N–H and O–H groups in total. The van der Waals surface area contributed by atoms with Crippen LogP contribution < -0.4 is 20.5 Å². The Balaban J connectivity index is 1.75. The number of fused-ring (bicyclic) bond motifs is 1. The minimum Gasteiger partial charge on any atom is -0.493 e. The Morgan fingerprint density at radius 1 is 1.14 bits per heavy atom. The number of nitrogen functional groups attached to an aromatic ring is 1. The predicted octanol–water partition coefficient (Wildman–Crippen LogP) is 1.94. The van der Waals surface area contributed by atoms with Crippen LogP contribution in [0.4, 0.5) is 11.6 Å². The van der Waals surface area contributed by atoms with Gasteiger partial charge < -0.3 is 20.5 Å². The second-order valence-corrected chi connectivity index (χ2v) is 4.73. The number of anilines is 2. The number of ether oxygens (including phenoxy) is 2. The lowest BCUT2D eigenvalue weighted by Crippen LogP contribution is -2.01. The summed E-state index contributed by atoms with van der Waals surface area (Å²) >= 11 is 0. The molecule has 3 rings (SSSR count). The van der Waals surface area contributed by atoms with Gasteiger partial charge in [-0.2, -0.15) is 4.98 Å². The highest BCUT2D eigenvalue weighted by molar-refractivity contribution is 5.55. The third-order valence-corrected chi connectivity index (χ3v) is 3.30. The van der Waals surface area contributed by atoms with E-state index in [1.165, 1.54) is 0 Å². The molecular weight excluding hydrogens is 282 g/mol. The van der Waals surface area contributed by atoms with Gasteiger partial charge in [-0.15, -0.1) is 5.10 Å². The Bertz CT molecular complexity index is 800. The molecule has 0 unspecified atom stereocenters. The van der Waals surface area contributed by atoms with Crippen molar-refractivity contribution in [2.75, 3.05) is 25.3 Å². The lowest BCUT2D eigenvalue weighted by atomic mass is 10.2. The van der Waals surface area contributed by atoms with Crippen LogP contribution in [0, 0.1) is 0 Å². The summed E-state index contributed by atoms with van der Waals surface area (Å²) in [6, 6.07) is 9.63. The van der Waals surface area contributed by atoms with Crippen LogP contribution in [0.15, 0.2) is 36.5 Å². The molecule has 0 aliphatic heterocycles. The minimum atomic E-state index is 0.261. The van der Waals surface area contributed by atoms with Gasteiger partial charge in [0, 0.05) is 24.5 Å². The molecule has 3 aromatic rings. The Labute approximate surface area is 127 Å². The summed E-state index contributed by atoms with van der Waals surface area (Å²) in [6.45, 7) is 0.653. The first-order chi connectivity index (χ1) is 10.7. The van der Waals surface area contributed by atoms with Gasteiger partial charge in [-0.3, -0.25) is 0 Å². The maximum atomic E-state index is 5.58. The van der Waals surface area contributed by atoms with Crippen molar-refractivity contribution >= 4 is 17.3 Å². The van der Waals surface area contributed by atoms with E-state index in [0.29, 0.717) is 23.7 Å². The highest BCUT2D eigenvalue weighted by Crippen LogP contribution is 2.27. The summed E-state index contributed by atoms with van der Waals surface area (Å²) < 4.78 is 12.2. The summed E-state index contributed by atoms with van der Waals surface area (Å²) in [4.78, 5) is 4.13. The molecule has 2 heterocycles. The van der Waals surface area contributed by atoms with Gasteiger partial charge in [0.1, 0.15) is 0 Å².